The van der Waals surface area contributed by atoms with E-state index in [1.807, 2.05) is 12.1 Å². The maximum absolute atomic E-state index is 5.88. The van der Waals surface area contributed by atoms with E-state index in [0.29, 0.717) is 30.6 Å². The molecule has 0 aliphatic carbocycles. The molecule has 1 aromatic rings. The monoisotopic (exact) mass is 268 g/mol. The molecule has 1 aliphatic heterocycles. The summed E-state index contributed by atoms with van der Waals surface area (Å²) in [6, 6.07) is 3.90. The van der Waals surface area contributed by atoms with Crippen molar-refractivity contribution in [3.8, 4) is 17.2 Å². The smallest absolute Gasteiger partial charge is 0.203 e. The van der Waals surface area contributed by atoms with Gasteiger partial charge < -0.3 is 14.2 Å². The van der Waals surface area contributed by atoms with Crippen molar-refractivity contribution in [1.29, 1.82) is 0 Å². The largest absolute Gasteiger partial charge is 0.493 e. The van der Waals surface area contributed by atoms with Crippen molar-refractivity contribution >= 4 is 17.7 Å². The first-order valence-electron chi connectivity index (χ1n) is 6.01. The fourth-order valence-corrected chi connectivity index (χ4v) is 2.11. The van der Waals surface area contributed by atoms with Gasteiger partial charge in [0.1, 0.15) is 13.2 Å². The predicted molar refractivity (Wildman–Crippen MR) is 73.0 cm³/mol. The lowest BCUT2D eigenvalue weighted by Gasteiger charge is -2.21. The van der Waals surface area contributed by atoms with Gasteiger partial charge in [-0.05, 0) is 24.1 Å². The molecule has 0 fully saturated rings. The van der Waals surface area contributed by atoms with Crippen LogP contribution in [-0.4, -0.2) is 26.2 Å². The van der Waals surface area contributed by atoms with Crippen LogP contribution in [0.3, 0.4) is 0 Å². The van der Waals surface area contributed by atoms with E-state index in [1.165, 1.54) is 5.57 Å². The van der Waals surface area contributed by atoms with E-state index in [2.05, 4.69) is 13.0 Å². The SMILES string of the molecule is CCC(=Cc1cc(OC)c2c(c1)OCCO2)CCl. The highest BCUT2D eigenvalue weighted by molar-refractivity contribution is 6.19. The summed E-state index contributed by atoms with van der Waals surface area (Å²) in [5.41, 5.74) is 2.20. The molecule has 3 nitrogen and oxygen atoms in total. The number of allylic oxidation sites excluding steroid dienone is 1. The lowest BCUT2D eigenvalue weighted by atomic mass is 10.1. The van der Waals surface area contributed by atoms with Gasteiger partial charge in [0, 0.05) is 5.88 Å². The van der Waals surface area contributed by atoms with Crippen LogP contribution in [0.25, 0.3) is 6.08 Å². The third-order valence-corrected chi connectivity index (χ3v) is 3.19. The second kappa shape index (κ2) is 6.01. The van der Waals surface area contributed by atoms with Crippen LogP contribution in [0.4, 0.5) is 0 Å². The molecular formula is C14H17ClO3. The van der Waals surface area contributed by atoms with Gasteiger partial charge >= 0.3 is 0 Å². The second-order valence-corrected chi connectivity index (χ2v) is 4.30. The number of fused-ring (bicyclic) bond motifs is 1. The van der Waals surface area contributed by atoms with Crippen LogP contribution in [0.2, 0.25) is 0 Å². The maximum atomic E-state index is 5.88. The summed E-state index contributed by atoms with van der Waals surface area (Å²) in [5.74, 6) is 2.65. The number of rotatable bonds is 4. The number of alkyl halides is 1. The predicted octanol–water partition coefficient (Wildman–Crippen LogP) is 3.50. The van der Waals surface area contributed by atoms with E-state index in [0.717, 1.165) is 17.7 Å². The topological polar surface area (TPSA) is 27.7 Å². The summed E-state index contributed by atoms with van der Waals surface area (Å²) >= 11 is 5.88. The van der Waals surface area contributed by atoms with Crippen LogP contribution in [0.5, 0.6) is 17.2 Å². The number of hydrogen-bond acceptors (Lipinski definition) is 3. The number of ether oxygens (including phenoxy) is 3. The van der Waals surface area contributed by atoms with Crippen LogP contribution >= 0.6 is 11.6 Å². The molecule has 0 amide bonds. The first-order valence-corrected chi connectivity index (χ1v) is 6.55. The van der Waals surface area contributed by atoms with E-state index in [9.17, 15) is 0 Å². The van der Waals surface area contributed by atoms with Gasteiger partial charge in [0.25, 0.3) is 0 Å². The van der Waals surface area contributed by atoms with Crippen LogP contribution in [-0.2, 0) is 0 Å². The highest BCUT2D eigenvalue weighted by Gasteiger charge is 2.17. The third kappa shape index (κ3) is 2.72. The van der Waals surface area contributed by atoms with Crippen molar-refractivity contribution in [2.75, 3.05) is 26.2 Å². The number of methoxy groups -OCH3 is 1. The van der Waals surface area contributed by atoms with Crippen molar-refractivity contribution in [3.63, 3.8) is 0 Å². The Morgan fingerprint density at radius 3 is 2.83 bits per heavy atom. The number of hydrogen-bond donors (Lipinski definition) is 0. The van der Waals surface area contributed by atoms with Crippen LogP contribution in [0.15, 0.2) is 17.7 Å². The molecule has 0 saturated carbocycles. The molecule has 0 saturated heterocycles. The molecule has 1 heterocycles. The average Bonchev–Trinajstić information content (AvgIpc) is 2.43. The number of benzene rings is 1. The molecule has 98 valence electrons. The summed E-state index contributed by atoms with van der Waals surface area (Å²) in [6.07, 6.45) is 2.99. The van der Waals surface area contributed by atoms with E-state index in [4.69, 9.17) is 25.8 Å². The Kier molecular flexibility index (Phi) is 4.37. The Hall–Kier alpha value is -1.35. The molecule has 0 spiro atoms. The van der Waals surface area contributed by atoms with Gasteiger partial charge in [-0.25, -0.2) is 0 Å². The highest BCUT2D eigenvalue weighted by atomic mass is 35.5. The first-order chi connectivity index (χ1) is 8.78. The summed E-state index contributed by atoms with van der Waals surface area (Å²) < 4.78 is 16.5. The second-order valence-electron chi connectivity index (χ2n) is 4.04. The Labute approximate surface area is 112 Å². The standard InChI is InChI=1S/C14H17ClO3/c1-3-10(9-15)6-11-7-12(16-2)14-13(8-11)17-4-5-18-14/h6-8H,3-5,9H2,1-2H3. The van der Waals surface area contributed by atoms with Crippen LogP contribution in [0, 0.1) is 0 Å². The van der Waals surface area contributed by atoms with Gasteiger partial charge in [0.2, 0.25) is 5.75 Å². The van der Waals surface area contributed by atoms with Crippen molar-refractivity contribution < 1.29 is 14.2 Å². The average molecular weight is 269 g/mol. The van der Waals surface area contributed by atoms with Crippen molar-refractivity contribution in [3.05, 3.63) is 23.3 Å². The van der Waals surface area contributed by atoms with Crippen molar-refractivity contribution in [2.24, 2.45) is 0 Å². The molecule has 1 aromatic carbocycles. The Balaban J connectivity index is 2.41. The number of halogens is 1. The normalized spacial score (nSPS) is 14.5. The van der Waals surface area contributed by atoms with Gasteiger partial charge in [0.05, 0.1) is 7.11 Å². The molecule has 0 N–H and O–H groups in total. The molecule has 1 aliphatic rings. The van der Waals surface area contributed by atoms with Gasteiger partial charge in [-0.1, -0.05) is 18.6 Å². The molecule has 18 heavy (non-hydrogen) atoms. The van der Waals surface area contributed by atoms with E-state index < -0.39 is 0 Å². The summed E-state index contributed by atoms with van der Waals surface area (Å²) in [7, 11) is 1.63. The molecule has 0 bridgehead atoms. The maximum Gasteiger partial charge on any atom is 0.203 e. The Morgan fingerprint density at radius 1 is 1.39 bits per heavy atom. The highest BCUT2D eigenvalue weighted by Crippen LogP contribution is 2.40. The summed E-state index contributed by atoms with van der Waals surface area (Å²) in [5, 5.41) is 0. The summed E-state index contributed by atoms with van der Waals surface area (Å²) in [6.45, 7) is 3.21. The van der Waals surface area contributed by atoms with Crippen molar-refractivity contribution in [2.45, 2.75) is 13.3 Å². The van der Waals surface area contributed by atoms with Crippen LogP contribution in [0.1, 0.15) is 18.9 Å². The van der Waals surface area contributed by atoms with E-state index >= 15 is 0 Å². The van der Waals surface area contributed by atoms with Gasteiger partial charge in [0.15, 0.2) is 11.5 Å². The van der Waals surface area contributed by atoms with Gasteiger partial charge in [-0.15, -0.1) is 11.6 Å². The molecule has 0 radical (unpaired) electrons. The van der Waals surface area contributed by atoms with Gasteiger partial charge in [-0.2, -0.15) is 0 Å². The quantitative estimate of drug-likeness (QED) is 0.783. The molecule has 0 atom stereocenters. The van der Waals surface area contributed by atoms with E-state index in [-0.39, 0.29) is 0 Å². The zero-order valence-corrected chi connectivity index (χ0v) is 11.4. The minimum Gasteiger partial charge on any atom is -0.493 e. The first kappa shape index (κ1) is 13.1. The molecule has 0 aromatic heterocycles. The van der Waals surface area contributed by atoms with Crippen LogP contribution < -0.4 is 14.2 Å². The lowest BCUT2D eigenvalue weighted by molar-refractivity contribution is 0.165. The van der Waals surface area contributed by atoms with Crippen molar-refractivity contribution in [1.82, 2.24) is 0 Å². The molecular weight excluding hydrogens is 252 g/mol. The Bertz CT molecular complexity index is 431. The zero-order chi connectivity index (χ0) is 13.0. The molecule has 4 heteroatoms. The molecule has 2 rings (SSSR count). The fourth-order valence-electron chi connectivity index (χ4n) is 1.85. The zero-order valence-electron chi connectivity index (χ0n) is 10.7. The van der Waals surface area contributed by atoms with Gasteiger partial charge in [-0.3, -0.25) is 0 Å². The minimum atomic E-state index is 0.535. The third-order valence-electron chi connectivity index (χ3n) is 2.85. The van der Waals surface area contributed by atoms with E-state index in [1.54, 1.807) is 7.11 Å². The lowest BCUT2D eigenvalue weighted by Crippen LogP contribution is -2.16. The minimum absolute atomic E-state index is 0.535. The fraction of sp³-hybridized carbons (Fsp3) is 0.429. The Morgan fingerprint density at radius 2 is 2.17 bits per heavy atom. The summed E-state index contributed by atoms with van der Waals surface area (Å²) in [4.78, 5) is 0. The molecule has 0 unspecified atom stereocenters.